The third kappa shape index (κ3) is 4.57. The van der Waals surface area contributed by atoms with Crippen molar-refractivity contribution in [2.24, 2.45) is 11.3 Å². The number of amides is 2. The molecule has 1 unspecified atom stereocenters. The first-order chi connectivity index (χ1) is 10.8. The van der Waals surface area contributed by atoms with Gasteiger partial charge in [0.15, 0.2) is 0 Å². The molecule has 1 fully saturated rings. The molecule has 0 radical (unpaired) electrons. The summed E-state index contributed by atoms with van der Waals surface area (Å²) < 4.78 is 0. The van der Waals surface area contributed by atoms with E-state index in [-0.39, 0.29) is 23.1 Å². The van der Waals surface area contributed by atoms with Gasteiger partial charge in [0.25, 0.3) is 0 Å². The minimum Gasteiger partial charge on any atom is -0.341 e. The SMILES string of the molecule is CN(Cc1ccccc1)C(=O)C1CCCN(C(=O)C(C)(C)C)C1. The first-order valence-electron chi connectivity index (χ1n) is 8.37. The van der Waals surface area contributed by atoms with Crippen molar-refractivity contribution >= 4 is 11.8 Å². The van der Waals surface area contributed by atoms with E-state index in [2.05, 4.69) is 0 Å². The van der Waals surface area contributed by atoms with Gasteiger partial charge in [-0.25, -0.2) is 0 Å². The lowest BCUT2D eigenvalue weighted by Gasteiger charge is -2.37. The van der Waals surface area contributed by atoms with Gasteiger partial charge in [-0.05, 0) is 18.4 Å². The van der Waals surface area contributed by atoms with Crippen molar-refractivity contribution < 1.29 is 9.59 Å². The third-order valence-corrected chi connectivity index (χ3v) is 4.34. The lowest BCUT2D eigenvalue weighted by atomic mass is 9.90. The maximum absolute atomic E-state index is 12.7. The van der Waals surface area contributed by atoms with Crippen molar-refractivity contribution in [3.63, 3.8) is 0 Å². The van der Waals surface area contributed by atoms with Crippen molar-refractivity contribution in [2.75, 3.05) is 20.1 Å². The first kappa shape index (κ1) is 17.5. The van der Waals surface area contributed by atoms with Gasteiger partial charge in [0.2, 0.25) is 11.8 Å². The number of carbonyl (C=O) groups is 2. The average molecular weight is 316 g/mol. The van der Waals surface area contributed by atoms with E-state index >= 15 is 0 Å². The molecule has 1 heterocycles. The van der Waals surface area contributed by atoms with Gasteiger partial charge in [-0.2, -0.15) is 0 Å². The zero-order valence-corrected chi connectivity index (χ0v) is 14.7. The topological polar surface area (TPSA) is 40.6 Å². The molecule has 4 heteroatoms. The van der Waals surface area contributed by atoms with E-state index in [0.717, 1.165) is 24.9 Å². The van der Waals surface area contributed by atoms with Crippen LogP contribution in [0.5, 0.6) is 0 Å². The quantitative estimate of drug-likeness (QED) is 0.860. The van der Waals surface area contributed by atoms with Gasteiger partial charge in [-0.1, -0.05) is 51.1 Å². The number of hydrogen-bond donors (Lipinski definition) is 0. The molecule has 126 valence electrons. The second-order valence-electron chi connectivity index (χ2n) is 7.52. The molecule has 1 saturated heterocycles. The predicted molar refractivity (Wildman–Crippen MR) is 91.7 cm³/mol. The number of nitrogens with zero attached hydrogens (tertiary/aromatic N) is 2. The second kappa shape index (κ2) is 7.16. The number of hydrogen-bond acceptors (Lipinski definition) is 2. The Morgan fingerprint density at radius 2 is 1.87 bits per heavy atom. The fraction of sp³-hybridized carbons (Fsp3) is 0.579. The van der Waals surface area contributed by atoms with Gasteiger partial charge < -0.3 is 9.80 Å². The molecule has 1 aromatic rings. The van der Waals surface area contributed by atoms with Gasteiger partial charge in [0.1, 0.15) is 0 Å². The number of carbonyl (C=O) groups excluding carboxylic acids is 2. The number of piperidine rings is 1. The maximum atomic E-state index is 12.7. The summed E-state index contributed by atoms with van der Waals surface area (Å²) in [5.74, 6) is 0.199. The van der Waals surface area contributed by atoms with Crippen LogP contribution in [0, 0.1) is 11.3 Å². The van der Waals surface area contributed by atoms with Crippen LogP contribution < -0.4 is 0 Å². The molecule has 1 atom stereocenters. The second-order valence-corrected chi connectivity index (χ2v) is 7.52. The Labute approximate surface area is 139 Å². The molecule has 0 aromatic heterocycles. The summed E-state index contributed by atoms with van der Waals surface area (Å²) in [6.45, 7) is 7.73. The maximum Gasteiger partial charge on any atom is 0.227 e. The highest BCUT2D eigenvalue weighted by molar-refractivity contribution is 5.83. The molecule has 0 aliphatic carbocycles. The number of benzene rings is 1. The summed E-state index contributed by atoms with van der Waals surface area (Å²) in [4.78, 5) is 28.8. The molecule has 0 N–H and O–H groups in total. The van der Waals surface area contributed by atoms with Crippen LogP contribution in [0.25, 0.3) is 0 Å². The lowest BCUT2D eigenvalue weighted by Crippen LogP contribution is -2.48. The van der Waals surface area contributed by atoms with Gasteiger partial charge in [0, 0.05) is 32.1 Å². The van der Waals surface area contributed by atoms with Gasteiger partial charge in [0.05, 0.1) is 5.92 Å². The van der Waals surface area contributed by atoms with E-state index < -0.39 is 0 Å². The van der Waals surface area contributed by atoms with Gasteiger partial charge >= 0.3 is 0 Å². The van der Waals surface area contributed by atoms with Crippen molar-refractivity contribution in [3.05, 3.63) is 35.9 Å². The van der Waals surface area contributed by atoms with Crippen molar-refractivity contribution in [2.45, 2.75) is 40.2 Å². The Bertz CT molecular complexity index is 548. The van der Waals surface area contributed by atoms with E-state index in [1.54, 1.807) is 4.90 Å². The van der Waals surface area contributed by atoms with E-state index in [1.165, 1.54) is 0 Å². The smallest absolute Gasteiger partial charge is 0.227 e. The molecule has 1 aliphatic rings. The van der Waals surface area contributed by atoms with Crippen LogP contribution in [0.1, 0.15) is 39.2 Å². The van der Waals surface area contributed by atoms with Crippen molar-refractivity contribution in [1.82, 2.24) is 9.80 Å². The molecule has 0 saturated carbocycles. The Hall–Kier alpha value is -1.84. The van der Waals surface area contributed by atoms with E-state index in [0.29, 0.717) is 13.1 Å². The fourth-order valence-electron chi connectivity index (χ4n) is 3.08. The van der Waals surface area contributed by atoms with Crippen molar-refractivity contribution in [3.8, 4) is 0 Å². The Kier molecular flexibility index (Phi) is 5.45. The first-order valence-corrected chi connectivity index (χ1v) is 8.37. The van der Waals surface area contributed by atoms with Crippen LogP contribution in [0.3, 0.4) is 0 Å². The molecule has 1 aromatic carbocycles. The summed E-state index contributed by atoms with van der Waals surface area (Å²) in [6.07, 6.45) is 1.77. The van der Waals surface area contributed by atoms with Crippen LogP contribution >= 0.6 is 0 Å². The average Bonchev–Trinajstić information content (AvgIpc) is 2.53. The summed E-state index contributed by atoms with van der Waals surface area (Å²) in [7, 11) is 1.85. The highest BCUT2D eigenvalue weighted by Gasteiger charge is 2.34. The number of likely N-dealkylation sites (tertiary alicyclic amines) is 1. The summed E-state index contributed by atoms with van der Waals surface area (Å²) in [5.41, 5.74) is 0.739. The molecule has 2 amide bonds. The lowest BCUT2D eigenvalue weighted by molar-refractivity contribution is -0.145. The summed E-state index contributed by atoms with van der Waals surface area (Å²) >= 11 is 0. The zero-order valence-electron chi connectivity index (χ0n) is 14.7. The summed E-state index contributed by atoms with van der Waals surface area (Å²) in [5, 5.41) is 0. The van der Waals surface area contributed by atoms with Crippen LogP contribution in [0.4, 0.5) is 0 Å². The van der Waals surface area contributed by atoms with Crippen LogP contribution in [-0.4, -0.2) is 41.8 Å². The molecule has 4 nitrogen and oxygen atoms in total. The van der Waals surface area contributed by atoms with Crippen LogP contribution in [0.2, 0.25) is 0 Å². The Morgan fingerprint density at radius 1 is 1.22 bits per heavy atom. The standard InChI is InChI=1S/C19H28N2O2/c1-19(2,3)18(23)21-12-8-11-16(14-21)17(22)20(4)13-15-9-6-5-7-10-15/h5-7,9-10,16H,8,11-14H2,1-4H3. The number of rotatable bonds is 3. The Morgan fingerprint density at radius 3 is 2.48 bits per heavy atom. The third-order valence-electron chi connectivity index (χ3n) is 4.34. The van der Waals surface area contributed by atoms with E-state index in [9.17, 15) is 9.59 Å². The largest absolute Gasteiger partial charge is 0.341 e. The van der Waals surface area contributed by atoms with E-state index in [4.69, 9.17) is 0 Å². The molecular weight excluding hydrogens is 288 g/mol. The normalized spacial score (nSPS) is 18.6. The molecule has 2 rings (SSSR count). The Balaban J connectivity index is 1.97. The minimum atomic E-state index is -0.388. The molecule has 23 heavy (non-hydrogen) atoms. The van der Waals surface area contributed by atoms with Gasteiger partial charge in [-0.15, -0.1) is 0 Å². The summed E-state index contributed by atoms with van der Waals surface area (Å²) in [6, 6.07) is 10.00. The van der Waals surface area contributed by atoms with Crippen LogP contribution in [0.15, 0.2) is 30.3 Å². The predicted octanol–water partition coefficient (Wildman–Crippen LogP) is 2.93. The van der Waals surface area contributed by atoms with E-state index in [1.807, 2.05) is 63.1 Å². The monoisotopic (exact) mass is 316 g/mol. The minimum absolute atomic E-state index is 0.0798. The molecule has 1 aliphatic heterocycles. The highest BCUT2D eigenvalue weighted by Crippen LogP contribution is 2.24. The molecular formula is C19H28N2O2. The van der Waals surface area contributed by atoms with Crippen LogP contribution in [-0.2, 0) is 16.1 Å². The molecule has 0 bridgehead atoms. The zero-order chi connectivity index (χ0) is 17.0. The highest BCUT2D eigenvalue weighted by atomic mass is 16.2. The van der Waals surface area contributed by atoms with Crippen molar-refractivity contribution in [1.29, 1.82) is 0 Å². The molecule has 0 spiro atoms. The van der Waals surface area contributed by atoms with Gasteiger partial charge in [-0.3, -0.25) is 9.59 Å². The fourth-order valence-corrected chi connectivity index (χ4v) is 3.08.